The lowest BCUT2D eigenvalue weighted by Gasteiger charge is -2.14. The minimum atomic E-state index is -0.654. The number of benzene rings is 2. The van der Waals surface area contributed by atoms with Crippen LogP contribution in [0.15, 0.2) is 36.4 Å². The predicted molar refractivity (Wildman–Crippen MR) is 101 cm³/mol. The van der Waals surface area contributed by atoms with Crippen molar-refractivity contribution in [2.24, 2.45) is 0 Å². The number of carbonyl (C=O) groups excluding carboxylic acids is 2. The summed E-state index contributed by atoms with van der Waals surface area (Å²) < 4.78 is 5.05. The van der Waals surface area contributed by atoms with Crippen molar-refractivity contribution in [3.8, 4) is 0 Å². The quantitative estimate of drug-likeness (QED) is 0.725. The van der Waals surface area contributed by atoms with Crippen molar-refractivity contribution in [3.05, 3.63) is 63.1 Å². The van der Waals surface area contributed by atoms with Crippen LogP contribution in [0.1, 0.15) is 35.3 Å². The van der Waals surface area contributed by atoms with Crippen LogP contribution in [0.25, 0.3) is 0 Å². The van der Waals surface area contributed by atoms with Gasteiger partial charge in [0.2, 0.25) is 0 Å². The molecule has 0 heterocycles. The molecule has 4 nitrogen and oxygen atoms in total. The first-order chi connectivity index (χ1) is 11.9. The van der Waals surface area contributed by atoms with Crippen LogP contribution in [0.5, 0.6) is 0 Å². The van der Waals surface area contributed by atoms with Gasteiger partial charge in [-0.2, -0.15) is 0 Å². The molecule has 0 bridgehead atoms. The Morgan fingerprint density at radius 3 is 2.08 bits per heavy atom. The van der Waals surface area contributed by atoms with Crippen molar-refractivity contribution in [3.63, 3.8) is 0 Å². The number of ether oxygens (including phenoxy) is 1. The second-order valence-electron chi connectivity index (χ2n) is 5.44. The third-order valence-corrected chi connectivity index (χ3v) is 4.13. The molecule has 0 saturated carbocycles. The maximum absolute atomic E-state index is 12.2. The Balaban J connectivity index is 2.03. The van der Waals surface area contributed by atoms with Crippen LogP contribution >= 0.6 is 23.2 Å². The SMILES string of the molecule is CCc1cccc(CC)c1NC(=O)COC(=O)c1cc(Cl)cc(Cl)c1. The first kappa shape index (κ1) is 19.3. The molecule has 6 heteroatoms. The Labute approximate surface area is 157 Å². The molecule has 1 amide bonds. The second-order valence-corrected chi connectivity index (χ2v) is 6.31. The van der Waals surface area contributed by atoms with Crippen molar-refractivity contribution in [2.75, 3.05) is 11.9 Å². The smallest absolute Gasteiger partial charge is 0.338 e. The van der Waals surface area contributed by atoms with E-state index in [0.29, 0.717) is 10.0 Å². The van der Waals surface area contributed by atoms with E-state index in [1.807, 2.05) is 32.0 Å². The fourth-order valence-electron chi connectivity index (χ4n) is 2.46. The number of hydrogen-bond acceptors (Lipinski definition) is 3. The van der Waals surface area contributed by atoms with E-state index < -0.39 is 11.9 Å². The van der Waals surface area contributed by atoms with E-state index in [9.17, 15) is 9.59 Å². The van der Waals surface area contributed by atoms with E-state index in [0.717, 1.165) is 29.7 Å². The van der Waals surface area contributed by atoms with Gasteiger partial charge >= 0.3 is 5.97 Å². The Hall–Kier alpha value is -2.04. The molecule has 0 aliphatic heterocycles. The molecule has 1 N–H and O–H groups in total. The maximum atomic E-state index is 12.2. The summed E-state index contributed by atoms with van der Waals surface area (Å²) in [5, 5.41) is 3.50. The molecule has 0 spiro atoms. The average molecular weight is 380 g/mol. The monoisotopic (exact) mass is 379 g/mol. The summed E-state index contributed by atoms with van der Waals surface area (Å²) in [5.74, 6) is -1.05. The summed E-state index contributed by atoms with van der Waals surface area (Å²) in [5.41, 5.74) is 3.08. The number of carbonyl (C=O) groups is 2. The summed E-state index contributed by atoms with van der Waals surface area (Å²) in [6.45, 7) is 3.66. The molecular weight excluding hydrogens is 361 g/mol. The van der Waals surface area contributed by atoms with Crippen molar-refractivity contribution < 1.29 is 14.3 Å². The summed E-state index contributed by atoms with van der Waals surface area (Å²) >= 11 is 11.7. The Bertz CT molecular complexity index is 748. The average Bonchev–Trinajstić information content (AvgIpc) is 2.58. The summed E-state index contributed by atoms with van der Waals surface area (Å²) in [4.78, 5) is 24.2. The van der Waals surface area contributed by atoms with Gasteiger partial charge in [-0.05, 0) is 42.2 Å². The number of amides is 1. The molecule has 2 aromatic carbocycles. The zero-order valence-corrected chi connectivity index (χ0v) is 15.6. The largest absolute Gasteiger partial charge is 0.452 e. The van der Waals surface area contributed by atoms with E-state index in [4.69, 9.17) is 27.9 Å². The van der Waals surface area contributed by atoms with Gasteiger partial charge in [0, 0.05) is 15.7 Å². The van der Waals surface area contributed by atoms with Crippen molar-refractivity contribution in [1.82, 2.24) is 0 Å². The number of nitrogens with one attached hydrogen (secondary N) is 1. The zero-order valence-electron chi connectivity index (χ0n) is 14.1. The molecule has 0 fully saturated rings. The first-order valence-electron chi connectivity index (χ1n) is 7.98. The second kappa shape index (κ2) is 8.88. The highest BCUT2D eigenvalue weighted by Crippen LogP contribution is 2.23. The van der Waals surface area contributed by atoms with E-state index in [-0.39, 0.29) is 12.2 Å². The van der Waals surface area contributed by atoms with Gasteiger partial charge < -0.3 is 10.1 Å². The molecule has 0 atom stereocenters. The third-order valence-electron chi connectivity index (χ3n) is 3.70. The molecule has 2 aromatic rings. The Morgan fingerprint density at radius 2 is 1.56 bits per heavy atom. The molecular formula is C19H19Cl2NO3. The Morgan fingerprint density at radius 1 is 1.00 bits per heavy atom. The van der Waals surface area contributed by atoms with Gasteiger partial charge in [-0.3, -0.25) is 4.79 Å². The number of esters is 1. The van der Waals surface area contributed by atoms with Gasteiger partial charge in [-0.1, -0.05) is 55.2 Å². The van der Waals surface area contributed by atoms with Crippen LogP contribution < -0.4 is 5.32 Å². The van der Waals surface area contributed by atoms with Crippen LogP contribution in [0.2, 0.25) is 10.0 Å². The highest BCUT2D eigenvalue weighted by atomic mass is 35.5. The standard InChI is InChI=1S/C19H19Cl2NO3/c1-3-12-6-5-7-13(4-2)18(12)22-17(23)11-25-19(24)14-8-15(20)10-16(21)9-14/h5-10H,3-4,11H2,1-2H3,(H,22,23). The van der Waals surface area contributed by atoms with Crippen LogP contribution in [0.3, 0.4) is 0 Å². The molecule has 25 heavy (non-hydrogen) atoms. The number of rotatable bonds is 6. The van der Waals surface area contributed by atoms with Gasteiger partial charge in [-0.15, -0.1) is 0 Å². The lowest BCUT2D eigenvalue weighted by Crippen LogP contribution is -2.22. The van der Waals surface area contributed by atoms with Crippen molar-refractivity contribution >= 4 is 40.8 Å². The topological polar surface area (TPSA) is 55.4 Å². The lowest BCUT2D eigenvalue weighted by atomic mass is 10.0. The third kappa shape index (κ3) is 5.21. The number of hydrogen-bond donors (Lipinski definition) is 1. The van der Waals surface area contributed by atoms with Gasteiger partial charge in [0.1, 0.15) is 0 Å². The van der Waals surface area contributed by atoms with E-state index in [2.05, 4.69) is 5.32 Å². The van der Waals surface area contributed by atoms with Crippen LogP contribution in [-0.4, -0.2) is 18.5 Å². The highest BCUT2D eigenvalue weighted by Gasteiger charge is 2.14. The number of aryl methyl sites for hydroxylation is 2. The molecule has 0 radical (unpaired) electrons. The number of halogens is 2. The van der Waals surface area contributed by atoms with Gasteiger partial charge in [0.15, 0.2) is 6.61 Å². The van der Waals surface area contributed by atoms with E-state index >= 15 is 0 Å². The van der Waals surface area contributed by atoms with E-state index in [1.165, 1.54) is 18.2 Å². The van der Waals surface area contributed by atoms with Crippen LogP contribution in [0.4, 0.5) is 5.69 Å². The molecule has 2 rings (SSSR count). The zero-order chi connectivity index (χ0) is 18.4. The number of anilines is 1. The van der Waals surface area contributed by atoms with Crippen LogP contribution in [0, 0.1) is 0 Å². The molecule has 0 aliphatic rings. The van der Waals surface area contributed by atoms with Gasteiger partial charge in [-0.25, -0.2) is 4.79 Å². The molecule has 0 saturated heterocycles. The Kier molecular flexibility index (Phi) is 6.85. The highest BCUT2D eigenvalue weighted by molar-refractivity contribution is 6.35. The maximum Gasteiger partial charge on any atom is 0.338 e. The fraction of sp³-hybridized carbons (Fsp3) is 0.263. The van der Waals surface area contributed by atoms with Gasteiger partial charge in [0.05, 0.1) is 5.56 Å². The summed E-state index contributed by atoms with van der Waals surface area (Å²) in [6, 6.07) is 10.3. The number of para-hydroxylation sites is 1. The molecule has 0 aliphatic carbocycles. The van der Waals surface area contributed by atoms with Crippen molar-refractivity contribution in [1.29, 1.82) is 0 Å². The summed E-state index contributed by atoms with van der Waals surface area (Å²) in [6.07, 6.45) is 1.59. The first-order valence-corrected chi connectivity index (χ1v) is 8.74. The molecule has 132 valence electrons. The molecule has 0 unspecified atom stereocenters. The normalized spacial score (nSPS) is 10.4. The summed E-state index contributed by atoms with van der Waals surface area (Å²) in [7, 11) is 0. The lowest BCUT2D eigenvalue weighted by molar-refractivity contribution is -0.119. The van der Waals surface area contributed by atoms with E-state index in [1.54, 1.807) is 0 Å². The molecule has 0 aromatic heterocycles. The minimum absolute atomic E-state index is 0.202. The van der Waals surface area contributed by atoms with Crippen LogP contribution in [-0.2, 0) is 22.4 Å². The van der Waals surface area contributed by atoms with Crippen molar-refractivity contribution in [2.45, 2.75) is 26.7 Å². The fourth-order valence-corrected chi connectivity index (χ4v) is 2.99. The predicted octanol–water partition coefficient (Wildman–Crippen LogP) is 4.91. The minimum Gasteiger partial charge on any atom is -0.452 e. The van der Waals surface area contributed by atoms with Gasteiger partial charge in [0.25, 0.3) is 5.91 Å².